The van der Waals surface area contributed by atoms with Crippen LogP contribution in [0.3, 0.4) is 0 Å². The molecule has 0 radical (unpaired) electrons. The van der Waals surface area contributed by atoms with E-state index in [1.165, 1.54) is 9.79 Å². The Kier molecular flexibility index (Phi) is 6.02. The molecule has 2 rings (SSSR count). The molecule has 3 heteroatoms. The van der Waals surface area contributed by atoms with E-state index in [1.807, 2.05) is 30.0 Å². The quantitative estimate of drug-likeness (QED) is 0.752. The van der Waals surface area contributed by atoms with Crippen molar-refractivity contribution in [3.63, 3.8) is 0 Å². The fourth-order valence-corrected chi connectivity index (χ4v) is 3.52. The normalized spacial score (nSPS) is 11.0. The molecule has 2 aromatic carbocycles. The minimum atomic E-state index is 0.0888. The Labute approximate surface area is 129 Å². The molecule has 1 nitrogen and oxygen atoms in total. The Bertz CT molecular complexity index is 535. The maximum Gasteiger partial charge on any atom is 0.0692 e. The van der Waals surface area contributed by atoms with Crippen molar-refractivity contribution >= 4 is 23.5 Å². The summed E-state index contributed by atoms with van der Waals surface area (Å²) in [6.45, 7) is 4.57. The summed E-state index contributed by atoms with van der Waals surface area (Å²) in [7, 11) is 0. The SMILES string of the molecule is CC(C)CSc1ccc(Sc2ccccc2CO)cc1. The minimum absolute atomic E-state index is 0.0888. The third-order valence-electron chi connectivity index (χ3n) is 2.78. The molecule has 106 valence electrons. The van der Waals surface area contributed by atoms with Gasteiger partial charge in [0.15, 0.2) is 0 Å². The van der Waals surface area contributed by atoms with Crippen LogP contribution in [0.1, 0.15) is 19.4 Å². The van der Waals surface area contributed by atoms with Gasteiger partial charge in [0.25, 0.3) is 0 Å². The molecule has 0 fully saturated rings. The lowest BCUT2D eigenvalue weighted by molar-refractivity contribution is 0.279. The lowest BCUT2D eigenvalue weighted by Crippen LogP contribution is -1.90. The Morgan fingerprint density at radius 3 is 2.25 bits per heavy atom. The standard InChI is InChI=1S/C17H20OS2/c1-13(2)12-19-15-7-9-16(10-8-15)20-17-6-4-3-5-14(17)11-18/h3-10,13,18H,11-12H2,1-2H3. The van der Waals surface area contributed by atoms with Gasteiger partial charge in [-0.25, -0.2) is 0 Å². The minimum Gasteiger partial charge on any atom is -0.392 e. The van der Waals surface area contributed by atoms with Gasteiger partial charge in [-0.3, -0.25) is 0 Å². The summed E-state index contributed by atoms with van der Waals surface area (Å²) < 4.78 is 0. The summed E-state index contributed by atoms with van der Waals surface area (Å²) in [6, 6.07) is 16.7. The van der Waals surface area contributed by atoms with E-state index in [1.54, 1.807) is 11.8 Å². The fraction of sp³-hybridized carbons (Fsp3) is 0.294. The zero-order chi connectivity index (χ0) is 14.4. The maximum atomic E-state index is 9.35. The van der Waals surface area contributed by atoms with E-state index in [4.69, 9.17) is 0 Å². The lowest BCUT2D eigenvalue weighted by Gasteiger charge is -2.08. The van der Waals surface area contributed by atoms with Gasteiger partial charge in [0.1, 0.15) is 0 Å². The number of benzene rings is 2. The fourth-order valence-electron chi connectivity index (χ4n) is 1.73. The highest BCUT2D eigenvalue weighted by Crippen LogP contribution is 2.32. The molecule has 1 N–H and O–H groups in total. The number of aliphatic hydroxyl groups excluding tert-OH is 1. The Morgan fingerprint density at radius 2 is 1.60 bits per heavy atom. The van der Waals surface area contributed by atoms with E-state index in [9.17, 15) is 5.11 Å². The molecule has 0 atom stereocenters. The molecule has 0 bridgehead atoms. The van der Waals surface area contributed by atoms with E-state index >= 15 is 0 Å². The van der Waals surface area contributed by atoms with Crippen molar-refractivity contribution < 1.29 is 5.11 Å². The second-order valence-electron chi connectivity index (χ2n) is 5.04. The molecule has 0 saturated carbocycles. The van der Waals surface area contributed by atoms with Gasteiger partial charge in [-0.1, -0.05) is 43.8 Å². The smallest absolute Gasteiger partial charge is 0.0692 e. The average molecular weight is 304 g/mol. The topological polar surface area (TPSA) is 20.2 Å². The highest BCUT2D eigenvalue weighted by molar-refractivity contribution is 7.99. The first kappa shape index (κ1) is 15.5. The molecule has 0 heterocycles. The van der Waals surface area contributed by atoms with Gasteiger partial charge in [-0.2, -0.15) is 0 Å². The van der Waals surface area contributed by atoms with Crippen molar-refractivity contribution in [1.29, 1.82) is 0 Å². The predicted molar refractivity (Wildman–Crippen MR) is 88.5 cm³/mol. The van der Waals surface area contributed by atoms with Crippen molar-refractivity contribution in [1.82, 2.24) is 0 Å². The van der Waals surface area contributed by atoms with Crippen LogP contribution in [-0.2, 0) is 6.61 Å². The number of thioether (sulfide) groups is 1. The number of hydrogen-bond donors (Lipinski definition) is 1. The zero-order valence-corrected chi connectivity index (χ0v) is 13.5. The second-order valence-corrected chi connectivity index (χ2v) is 7.25. The second kappa shape index (κ2) is 7.77. The van der Waals surface area contributed by atoms with Crippen molar-refractivity contribution in [2.24, 2.45) is 5.92 Å². The zero-order valence-electron chi connectivity index (χ0n) is 11.9. The van der Waals surface area contributed by atoms with Gasteiger partial charge in [-0.15, -0.1) is 11.8 Å². The third kappa shape index (κ3) is 4.58. The Morgan fingerprint density at radius 1 is 0.950 bits per heavy atom. The monoisotopic (exact) mass is 304 g/mol. The van der Waals surface area contributed by atoms with E-state index < -0.39 is 0 Å². The molecule has 2 aromatic rings. The number of hydrogen-bond acceptors (Lipinski definition) is 3. The third-order valence-corrected chi connectivity index (χ3v) is 5.34. The molecule has 0 saturated heterocycles. The van der Waals surface area contributed by atoms with Gasteiger partial charge in [0, 0.05) is 20.4 Å². The van der Waals surface area contributed by atoms with Crippen LogP contribution >= 0.6 is 23.5 Å². The van der Waals surface area contributed by atoms with Crippen molar-refractivity contribution in [3.05, 3.63) is 54.1 Å². The van der Waals surface area contributed by atoms with Gasteiger partial charge in [0.2, 0.25) is 0 Å². The highest BCUT2D eigenvalue weighted by atomic mass is 32.2. The van der Waals surface area contributed by atoms with Crippen LogP contribution in [0.2, 0.25) is 0 Å². The van der Waals surface area contributed by atoms with Crippen LogP contribution < -0.4 is 0 Å². The first-order valence-electron chi connectivity index (χ1n) is 6.78. The molecule has 0 aliphatic carbocycles. The van der Waals surface area contributed by atoms with E-state index in [0.29, 0.717) is 5.92 Å². The van der Waals surface area contributed by atoms with Crippen LogP contribution in [0.15, 0.2) is 63.2 Å². The summed E-state index contributed by atoms with van der Waals surface area (Å²) in [6.07, 6.45) is 0. The first-order valence-corrected chi connectivity index (χ1v) is 8.58. The summed E-state index contributed by atoms with van der Waals surface area (Å²) in [4.78, 5) is 3.65. The predicted octanol–water partition coefficient (Wildman–Crippen LogP) is 5.08. The van der Waals surface area contributed by atoms with Crippen LogP contribution in [0, 0.1) is 5.92 Å². The van der Waals surface area contributed by atoms with Crippen LogP contribution in [0.25, 0.3) is 0 Å². The molecule has 0 amide bonds. The molecule has 0 aliphatic rings. The molecule has 0 unspecified atom stereocenters. The molecular weight excluding hydrogens is 284 g/mol. The highest BCUT2D eigenvalue weighted by Gasteiger charge is 2.03. The van der Waals surface area contributed by atoms with Crippen molar-refractivity contribution in [2.75, 3.05) is 5.75 Å². The van der Waals surface area contributed by atoms with Crippen LogP contribution in [-0.4, -0.2) is 10.9 Å². The first-order chi connectivity index (χ1) is 9.69. The van der Waals surface area contributed by atoms with Gasteiger partial charge < -0.3 is 5.11 Å². The van der Waals surface area contributed by atoms with Gasteiger partial charge in [0.05, 0.1) is 6.61 Å². The molecular formula is C17H20OS2. The van der Waals surface area contributed by atoms with E-state index in [0.717, 1.165) is 16.2 Å². The van der Waals surface area contributed by atoms with E-state index in [-0.39, 0.29) is 6.61 Å². The number of aliphatic hydroxyl groups is 1. The molecule has 0 spiro atoms. The van der Waals surface area contributed by atoms with Crippen molar-refractivity contribution in [2.45, 2.75) is 35.1 Å². The Hall–Kier alpha value is -0.900. The number of rotatable bonds is 6. The van der Waals surface area contributed by atoms with Crippen LogP contribution in [0.4, 0.5) is 0 Å². The average Bonchev–Trinajstić information content (AvgIpc) is 2.47. The van der Waals surface area contributed by atoms with Crippen molar-refractivity contribution in [3.8, 4) is 0 Å². The van der Waals surface area contributed by atoms with Crippen LogP contribution in [0.5, 0.6) is 0 Å². The molecule has 20 heavy (non-hydrogen) atoms. The summed E-state index contributed by atoms with van der Waals surface area (Å²) >= 11 is 3.60. The molecule has 0 aromatic heterocycles. The largest absolute Gasteiger partial charge is 0.392 e. The molecule has 0 aliphatic heterocycles. The summed E-state index contributed by atoms with van der Waals surface area (Å²) in [5.74, 6) is 1.87. The van der Waals surface area contributed by atoms with E-state index in [2.05, 4.69) is 44.2 Å². The van der Waals surface area contributed by atoms with Gasteiger partial charge >= 0.3 is 0 Å². The van der Waals surface area contributed by atoms with Gasteiger partial charge in [-0.05, 0) is 41.8 Å². The maximum absolute atomic E-state index is 9.35. The summed E-state index contributed by atoms with van der Waals surface area (Å²) in [5.41, 5.74) is 0.982. The Balaban J connectivity index is 2.03. The lowest BCUT2D eigenvalue weighted by atomic mass is 10.2. The summed E-state index contributed by atoms with van der Waals surface area (Å²) in [5, 5.41) is 9.35.